The van der Waals surface area contributed by atoms with Crippen LogP contribution in [0.25, 0.3) is 0 Å². The second-order valence-electron chi connectivity index (χ2n) is 4.95. The van der Waals surface area contributed by atoms with Crippen LogP contribution in [0.5, 0.6) is 0 Å². The molecular formula is C14H16F3N3. The lowest BCUT2D eigenvalue weighted by Gasteiger charge is -2.33. The van der Waals surface area contributed by atoms with Crippen LogP contribution in [0.1, 0.15) is 24.0 Å². The number of halogens is 3. The van der Waals surface area contributed by atoms with E-state index in [1.807, 2.05) is 4.90 Å². The summed E-state index contributed by atoms with van der Waals surface area (Å²) in [5.41, 5.74) is -0.713. The minimum atomic E-state index is -4.51. The highest BCUT2D eigenvalue weighted by Crippen LogP contribution is 2.34. The highest BCUT2D eigenvalue weighted by Gasteiger charge is 2.34. The number of anilines is 1. The van der Waals surface area contributed by atoms with Crippen molar-refractivity contribution in [3.63, 3.8) is 0 Å². The van der Waals surface area contributed by atoms with Crippen LogP contribution in [0, 0.1) is 11.3 Å². The normalized spacial score (nSPS) is 19.4. The van der Waals surface area contributed by atoms with E-state index in [0.29, 0.717) is 5.69 Å². The number of nitrogens with zero attached hydrogens (tertiary/aromatic N) is 2. The molecule has 0 radical (unpaired) electrons. The highest BCUT2D eigenvalue weighted by atomic mass is 19.4. The first kappa shape index (κ1) is 14.7. The molecule has 0 saturated carbocycles. The van der Waals surface area contributed by atoms with Gasteiger partial charge in [0.1, 0.15) is 0 Å². The maximum absolute atomic E-state index is 12.9. The smallest absolute Gasteiger partial charge is 0.370 e. The van der Waals surface area contributed by atoms with Gasteiger partial charge in [-0.25, -0.2) is 0 Å². The fraction of sp³-hybridized carbons (Fsp3) is 0.500. The minimum Gasteiger partial charge on any atom is -0.370 e. The predicted molar refractivity (Wildman–Crippen MR) is 70.5 cm³/mol. The highest BCUT2D eigenvalue weighted by molar-refractivity contribution is 5.55. The van der Waals surface area contributed by atoms with Crippen LogP contribution >= 0.6 is 0 Å². The molecule has 6 heteroatoms. The second-order valence-corrected chi connectivity index (χ2v) is 4.95. The van der Waals surface area contributed by atoms with Gasteiger partial charge in [-0.1, -0.05) is 0 Å². The average Bonchev–Trinajstić information content (AvgIpc) is 2.46. The van der Waals surface area contributed by atoms with Crippen molar-refractivity contribution in [2.75, 3.05) is 25.0 Å². The summed E-state index contributed by atoms with van der Waals surface area (Å²) in [6, 6.07) is 5.65. The van der Waals surface area contributed by atoms with Gasteiger partial charge in [0.25, 0.3) is 0 Å². The van der Waals surface area contributed by atoms with Crippen molar-refractivity contribution in [2.45, 2.75) is 25.1 Å². The van der Waals surface area contributed by atoms with Crippen LogP contribution in [-0.2, 0) is 6.18 Å². The molecule has 0 bridgehead atoms. The number of rotatable bonds is 2. The fourth-order valence-corrected chi connectivity index (χ4v) is 2.46. The lowest BCUT2D eigenvalue weighted by atomic mass is 10.0. The maximum Gasteiger partial charge on any atom is 0.417 e. The number of likely N-dealkylation sites (N-methyl/N-ethyl adjacent to an activating group) is 1. The molecule has 1 aliphatic heterocycles. The van der Waals surface area contributed by atoms with E-state index in [1.165, 1.54) is 6.07 Å². The van der Waals surface area contributed by atoms with Crippen LogP contribution in [0.3, 0.4) is 0 Å². The van der Waals surface area contributed by atoms with Crippen molar-refractivity contribution in [2.24, 2.45) is 0 Å². The van der Waals surface area contributed by atoms with Crippen LogP contribution < -0.4 is 10.2 Å². The van der Waals surface area contributed by atoms with Gasteiger partial charge >= 0.3 is 6.18 Å². The van der Waals surface area contributed by atoms with E-state index < -0.39 is 11.7 Å². The number of nitrogens with one attached hydrogen (secondary N) is 1. The summed E-state index contributed by atoms with van der Waals surface area (Å²) in [5.74, 6) is 0. The SMILES string of the molecule is CN(c1ccc(C#N)c(C(F)(F)F)c1)C1CCCNC1. The van der Waals surface area contributed by atoms with Crippen LogP contribution in [0.2, 0.25) is 0 Å². The summed E-state index contributed by atoms with van der Waals surface area (Å²) in [6.45, 7) is 1.71. The zero-order valence-electron chi connectivity index (χ0n) is 11.2. The van der Waals surface area contributed by atoms with Gasteiger partial charge in [0.15, 0.2) is 0 Å². The van der Waals surface area contributed by atoms with Gasteiger partial charge in [-0.3, -0.25) is 0 Å². The zero-order valence-corrected chi connectivity index (χ0v) is 11.2. The predicted octanol–water partition coefficient (Wildman–Crippen LogP) is 2.77. The largest absolute Gasteiger partial charge is 0.417 e. The second kappa shape index (κ2) is 5.71. The van der Waals surface area contributed by atoms with Gasteiger partial charge in [0.2, 0.25) is 0 Å². The lowest BCUT2D eigenvalue weighted by Crippen LogP contribution is -2.44. The number of nitriles is 1. The van der Waals surface area contributed by atoms with Gasteiger partial charge in [-0.05, 0) is 37.6 Å². The molecule has 0 aliphatic carbocycles. The first-order valence-electron chi connectivity index (χ1n) is 6.48. The molecule has 1 saturated heterocycles. The molecule has 2 rings (SSSR count). The van der Waals surface area contributed by atoms with Gasteiger partial charge in [-0.15, -0.1) is 0 Å². The average molecular weight is 283 g/mol. The summed E-state index contributed by atoms with van der Waals surface area (Å²) in [4.78, 5) is 1.85. The third-order valence-electron chi connectivity index (χ3n) is 3.65. The maximum atomic E-state index is 12.9. The molecule has 1 N–H and O–H groups in total. The van der Waals surface area contributed by atoms with Crippen molar-refractivity contribution in [3.8, 4) is 6.07 Å². The summed E-state index contributed by atoms with van der Waals surface area (Å²) < 4.78 is 38.8. The van der Waals surface area contributed by atoms with E-state index in [9.17, 15) is 13.2 Å². The van der Waals surface area contributed by atoms with Gasteiger partial charge in [0.05, 0.1) is 17.2 Å². The number of hydrogen-bond acceptors (Lipinski definition) is 3. The monoisotopic (exact) mass is 283 g/mol. The molecule has 108 valence electrons. The Morgan fingerprint density at radius 3 is 2.70 bits per heavy atom. The van der Waals surface area contributed by atoms with Crippen LogP contribution in [-0.4, -0.2) is 26.2 Å². The van der Waals surface area contributed by atoms with Crippen molar-refractivity contribution in [3.05, 3.63) is 29.3 Å². The quantitative estimate of drug-likeness (QED) is 0.907. The van der Waals surface area contributed by atoms with E-state index in [2.05, 4.69) is 5.32 Å². The van der Waals surface area contributed by atoms with Gasteiger partial charge < -0.3 is 10.2 Å². The van der Waals surface area contributed by atoms with Crippen LogP contribution in [0.15, 0.2) is 18.2 Å². The van der Waals surface area contributed by atoms with E-state index in [0.717, 1.165) is 32.0 Å². The standard InChI is InChI=1S/C14H16F3N3/c1-20(12-3-2-6-19-9-12)11-5-4-10(8-18)13(7-11)14(15,16)17/h4-5,7,12,19H,2-3,6,9H2,1H3. The number of benzene rings is 1. The molecule has 1 unspecified atom stereocenters. The fourth-order valence-electron chi connectivity index (χ4n) is 2.46. The topological polar surface area (TPSA) is 39.1 Å². The summed E-state index contributed by atoms with van der Waals surface area (Å²) >= 11 is 0. The van der Waals surface area contributed by atoms with Crippen molar-refractivity contribution in [1.29, 1.82) is 5.26 Å². The molecule has 0 spiro atoms. The van der Waals surface area contributed by atoms with Crippen molar-refractivity contribution < 1.29 is 13.2 Å². The van der Waals surface area contributed by atoms with Crippen LogP contribution in [0.4, 0.5) is 18.9 Å². The van der Waals surface area contributed by atoms with E-state index in [-0.39, 0.29) is 11.6 Å². The molecule has 1 heterocycles. The van der Waals surface area contributed by atoms with E-state index >= 15 is 0 Å². The van der Waals surface area contributed by atoms with Crippen molar-refractivity contribution in [1.82, 2.24) is 5.32 Å². The Morgan fingerprint density at radius 1 is 1.40 bits per heavy atom. The zero-order chi connectivity index (χ0) is 14.8. The number of hydrogen-bond donors (Lipinski definition) is 1. The minimum absolute atomic E-state index is 0.178. The number of alkyl halides is 3. The molecule has 0 aromatic heterocycles. The summed E-state index contributed by atoms with van der Waals surface area (Å²) in [5, 5.41) is 12.0. The van der Waals surface area contributed by atoms with E-state index in [1.54, 1.807) is 19.2 Å². The summed E-state index contributed by atoms with van der Waals surface area (Å²) in [7, 11) is 1.79. The molecule has 3 nitrogen and oxygen atoms in total. The Hall–Kier alpha value is -1.74. The third-order valence-corrected chi connectivity index (χ3v) is 3.65. The molecule has 0 amide bonds. The first-order valence-corrected chi connectivity index (χ1v) is 6.48. The Morgan fingerprint density at radius 2 is 2.15 bits per heavy atom. The van der Waals surface area contributed by atoms with E-state index in [4.69, 9.17) is 5.26 Å². The Bertz CT molecular complexity index is 513. The molecule has 1 aliphatic rings. The van der Waals surface area contributed by atoms with Crippen molar-refractivity contribution >= 4 is 5.69 Å². The molecule has 1 fully saturated rings. The Labute approximate surface area is 116 Å². The molecule has 1 atom stereocenters. The molecule has 20 heavy (non-hydrogen) atoms. The Kier molecular flexibility index (Phi) is 4.19. The summed E-state index contributed by atoms with van der Waals surface area (Å²) in [6.07, 6.45) is -2.55. The molecule has 1 aromatic rings. The molecule has 1 aromatic carbocycles. The van der Waals surface area contributed by atoms with Gasteiger partial charge in [-0.2, -0.15) is 18.4 Å². The third kappa shape index (κ3) is 3.05. The Balaban J connectivity index is 2.31. The molecular weight excluding hydrogens is 267 g/mol. The number of piperidine rings is 1. The lowest BCUT2D eigenvalue weighted by molar-refractivity contribution is -0.137. The first-order chi connectivity index (χ1) is 9.43. The van der Waals surface area contributed by atoms with Gasteiger partial charge in [0, 0.05) is 25.3 Å².